The predicted molar refractivity (Wildman–Crippen MR) is 71.6 cm³/mol. The van der Waals surface area contributed by atoms with Gasteiger partial charge in [0.25, 0.3) is 0 Å². The Morgan fingerprint density at radius 3 is 2.60 bits per heavy atom. The zero-order valence-electron chi connectivity index (χ0n) is 11.8. The summed E-state index contributed by atoms with van der Waals surface area (Å²) >= 11 is 0. The molecule has 1 N–H and O–H groups in total. The van der Waals surface area contributed by atoms with Gasteiger partial charge in [-0.05, 0) is 38.0 Å². The number of hydrogen-bond acceptors (Lipinski definition) is 2. The van der Waals surface area contributed by atoms with Crippen LogP contribution in [0.25, 0.3) is 0 Å². The number of rotatable bonds is 3. The van der Waals surface area contributed by atoms with Crippen LogP contribution in [0.4, 0.5) is 4.39 Å². The van der Waals surface area contributed by atoms with Crippen LogP contribution in [0, 0.1) is 18.7 Å². The molecule has 1 saturated heterocycles. The molecule has 108 valence electrons. The normalized spacial score (nSPS) is 22.6. The Balaban J connectivity index is 2.48. The summed E-state index contributed by atoms with van der Waals surface area (Å²) < 4.78 is 13.7. The third-order valence-corrected chi connectivity index (χ3v) is 3.77. The van der Waals surface area contributed by atoms with E-state index in [1.807, 2.05) is 13.8 Å². The first-order chi connectivity index (χ1) is 9.32. The van der Waals surface area contributed by atoms with Crippen LogP contribution < -0.4 is 0 Å². The molecule has 0 saturated carbocycles. The van der Waals surface area contributed by atoms with Crippen molar-refractivity contribution in [2.75, 3.05) is 0 Å². The first-order valence-electron chi connectivity index (χ1n) is 6.63. The van der Waals surface area contributed by atoms with Gasteiger partial charge < -0.3 is 10.0 Å². The molecule has 0 radical (unpaired) electrons. The SMILES string of the molecule is Cc1ccc(C2C(C(=O)O)CC(=O)N2C(C)C)cc1F. The van der Waals surface area contributed by atoms with Crippen molar-refractivity contribution in [2.45, 2.75) is 39.3 Å². The van der Waals surface area contributed by atoms with Gasteiger partial charge in [-0.15, -0.1) is 0 Å². The van der Waals surface area contributed by atoms with Crippen LogP contribution >= 0.6 is 0 Å². The van der Waals surface area contributed by atoms with Crippen molar-refractivity contribution < 1.29 is 19.1 Å². The molecule has 20 heavy (non-hydrogen) atoms. The van der Waals surface area contributed by atoms with Crippen molar-refractivity contribution in [3.05, 3.63) is 35.1 Å². The number of likely N-dealkylation sites (tertiary alicyclic amines) is 1. The highest BCUT2D eigenvalue weighted by atomic mass is 19.1. The van der Waals surface area contributed by atoms with Gasteiger partial charge in [-0.25, -0.2) is 4.39 Å². The first-order valence-corrected chi connectivity index (χ1v) is 6.63. The number of carbonyl (C=O) groups excluding carboxylic acids is 1. The van der Waals surface area contributed by atoms with E-state index in [1.54, 1.807) is 24.0 Å². The van der Waals surface area contributed by atoms with Crippen molar-refractivity contribution in [1.82, 2.24) is 4.90 Å². The molecule has 1 aromatic rings. The molecule has 5 heteroatoms. The molecule has 1 heterocycles. The maximum absolute atomic E-state index is 13.7. The Morgan fingerprint density at radius 1 is 1.45 bits per heavy atom. The maximum Gasteiger partial charge on any atom is 0.309 e. The lowest BCUT2D eigenvalue weighted by Gasteiger charge is -2.30. The highest BCUT2D eigenvalue weighted by Gasteiger charge is 2.45. The number of carbonyl (C=O) groups is 2. The predicted octanol–water partition coefficient (Wildman–Crippen LogP) is 2.52. The molecule has 2 atom stereocenters. The molecule has 0 spiro atoms. The Labute approximate surface area is 117 Å². The van der Waals surface area contributed by atoms with Crippen LogP contribution in [0.2, 0.25) is 0 Å². The first kappa shape index (κ1) is 14.5. The summed E-state index contributed by atoms with van der Waals surface area (Å²) in [6, 6.07) is 3.93. The van der Waals surface area contributed by atoms with E-state index in [0.717, 1.165) is 0 Å². The average Bonchev–Trinajstić information content (AvgIpc) is 2.70. The number of aryl methyl sites for hydroxylation is 1. The molecule has 1 aliphatic rings. The second-order valence-corrected chi connectivity index (χ2v) is 5.50. The molecule has 2 rings (SSSR count). The van der Waals surface area contributed by atoms with Crippen LogP contribution in [-0.4, -0.2) is 27.9 Å². The van der Waals surface area contributed by atoms with E-state index in [2.05, 4.69) is 0 Å². The van der Waals surface area contributed by atoms with Crippen LogP contribution in [0.3, 0.4) is 0 Å². The second kappa shape index (κ2) is 5.23. The van der Waals surface area contributed by atoms with E-state index < -0.39 is 17.9 Å². The van der Waals surface area contributed by atoms with Crippen molar-refractivity contribution in [3.63, 3.8) is 0 Å². The van der Waals surface area contributed by atoms with E-state index in [0.29, 0.717) is 11.1 Å². The van der Waals surface area contributed by atoms with Crippen molar-refractivity contribution in [1.29, 1.82) is 0 Å². The lowest BCUT2D eigenvalue weighted by atomic mass is 9.92. The van der Waals surface area contributed by atoms with Crippen molar-refractivity contribution in [3.8, 4) is 0 Å². The summed E-state index contributed by atoms with van der Waals surface area (Å²) in [6.45, 7) is 5.31. The van der Waals surface area contributed by atoms with Gasteiger partial charge in [-0.3, -0.25) is 9.59 Å². The lowest BCUT2D eigenvalue weighted by Crippen LogP contribution is -2.36. The van der Waals surface area contributed by atoms with E-state index in [9.17, 15) is 19.1 Å². The van der Waals surface area contributed by atoms with Gasteiger partial charge in [-0.2, -0.15) is 0 Å². The number of benzene rings is 1. The highest BCUT2D eigenvalue weighted by Crippen LogP contribution is 2.40. The minimum absolute atomic E-state index is 0.0341. The molecule has 1 aromatic carbocycles. The number of amides is 1. The Morgan fingerprint density at radius 2 is 2.10 bits per heavy atom. The monoisotopic (exact) mass is 279 g/mol. The molecular formula is C15H18FNO3. The summed E-state index contributed by atoms with van der Waals surface area (Å²) in [5.74, 6) is -2.42. The van der Waals surface area contributed by atoms with Crippen LogP contribution in [-0.2, 0) is 9.59 Å². The minimum atomic E-state index is -1.02. The van der Waals surface area contributed by atoms with Gasteiger partial charge in [0, 0.05) is 12.5 Å². The standard InChI is InChI=1S/C15H18FNO3/c1-8(2)17-13(18)7-11(15(19)20)14(17)10-5-4-9(3)12(16)6-10/h4-6,8,11,14H,7H2,1-3H3,(H,19,20). The average molecular weight is 279 g/mol. The van der Waals surface area contributed by atoms with E-state index in [1.165, 1.54) is 6.07 Å². The van der Waals surface area contributed by atoms with Gasteiger partial charge >= 0.3 is 5.97 Å². The molecule has 1 aliphatic heterocycles. The summed E-state index contributed by atoms with van der Waals surface area (Å²) in [6.07, 6.45) is -0.0341. The largest absolute Gasteiger partial charge is 0.481 e. The zero-order chi connectivity index (χ0) is 15.0. The fourth-order valence-electron chi connectivity index (χ4n) is 2.77. The molecule has 0 aromatic heterocycles. The fraction of sp³-hybridized carbons (Fsp3) is 0.467. The highest BCUT2D eigenvalue weighted by molar-refractivity contribution is 5.87. The maximum atomic E-state index is 13.7. The van der Waals surface area contributed by atoms with E-state index in [4.69, 9.17) is 0 Å². The molecule has 0 aliphatic carbocycles. The van der Waals surface area contributed by atoms with Crippen molar-refractivity contribution in [2.24, 2.45) is 5.92 Å². The Hall–Kier alpha value is -1.91. The Bertz CT molecular complexity index is 556. The summed E-state index contributed by atoms with van der Waals surface area (Å²) in [5.41, 5.74) is 1.04. The van der Waals surface area contributed by atoms with Gasteiger partial charge in [0.2, 0.25) is 5.91 Å². The summed E-state index contributed by atoms with van der Waals surface area (Å²) in [7, 11) is 0. The molecular weight excluding hydrogens is 261 g/mol. The number of carboxylic acids is 1. The van der Waals surface area contributed by atoms with E-state index >= 15 is 0 Å². The lowest BCUT2D eigenvalue weighted by molar-refractivity contribution is -0.142. The number of aliphatic carboxylic acids is 1. The van der Waals surface area contributed by atoms with Crippen LogP contribution in [0.1, 0.15) is 37.4 Å². The third-order valence-electron chi connectivity index (χ3n) is 3.77. The second-order valence-electron chi connectivity index (χ2n) is 5.50. The summed E-state index contributed by atoms with van der Waals surface area (Å²) in [5, 5.41) is 9.31. The smallest absolute Gasteiger partial charge is 0.309 e. The van der Waals surface area contributed by atoms with Gasteiger partial charge in [0.1, 0.15) is 5.82 Å². The molecule has 2 unspecified atom stereocenters. The van der Waals surface area contributed by atoms with Crippen LogP contribution in [0.5, 0.6) is 0 Å². The fourth-order valence-corrected chi connectivity index (χ4v) is 2.77. The number of hydrogen-bond donors (Lipinski definition) is 1. The summed E-state index contributed by atoms with van der Waals surface area (Å²) in [4.78, 5) is 25.0. The van der Waals surface area contributed by atoms with Gasteiger partial charge in [0.15, 0.2) is 0 Å². The van der Waals surface area contributed by atoms with Gasteiger partial charge in [-0.1, -0.05) is 12.1 Å². The molecule has 0 bridgehead atoms. The zero-order valence-corrected chi connectivity index (χ0v) is 11.8. The number of nitrogens with zero attached hydrogens (tertiary/aromatic N) is 1. The van der Waals surface area contributed by atoms with Crippen LogP contribution in [0.15, 0.2) is 18.2 Å². The molecule has 1 amide bonds. The quantitative estimate of drug-likeness (QED) is 0.925. The van der Waals surface area contributed by atoms with Gasteiger partial charge in [0.05, 0.1) is 12.0 Å². The molecule has 1 fully saturated rings. The number of carboxylic acid groups (broad SMARTS) is 1. The van der Waals surface area contributed by atoms with Crippen molar-refractivity contribution >= 4 is 11.9 Å². The Kier molecular flexibility index (Phi) is 3.79. The van der Waals surface area contributed by atoms with E-state index in [-0.39, 0.29) is 24.2 Å². The topological polar surface area (TPSA) is 57.6 Å². The number of halogens is 1. The third kappa shape index (κ3) is 2.40. The minimum Gasteiger partial charge on any atom is -0.481 e. The molecule has 4 nitrogen and oxygen atoms in total.